The van der Waals surface area contributed by atoms with Crippen molar-refractivity contribution >= 4 is 27.8 Å². The Morgan fingerprint density at radius 3 is 2.59 bits per heavy atom. The lowest BCUT2D eigenvalue weighted by Gasteiger charge is -2.27. The molecule has 6 rings (SSSR count). The fraction of sp³-hybridized carbons (Fsp3) is 0.303. The Morgan fingerprint density at radius 2 is 1.76 bits per heavy atom. The van der Waals surface area contributed by atoms with Crippen molar-refractivity contribution in [2.24, 2.45) is 7.05 Å². The lowest BCUT2D eigenvalue weighted by atomic mass is 9.98. The number of morpholine rings is 1. The number of aromatic nitrogens is 3. The number of imidazole rings is 1. The number of para-hydroxylation sites is 3. The SMILES string of the molecule is Cc1cc(-c2ccc(OCC(=O)NCCc3nc4ccccc4n3C)c(CN3CCOCC3)c2)c2ccccc2n1. The zero-order valence-electron chi connectivity index (χ0n) is 23.6. The number of rotatable bonds is 9. The highest BCUT2D eigenvalue weighted by Gasteiger charge is 2.17. The van der Waals surface area contributed by atoms with Crippen molar-refractivity contribution in [2.45, 2.75) is 19.9 Å². The van der Waals surface area contributed by atoms with Gasteiger partial charge >= 0.3 is 0 Å². The number of benzene rings is 3. The van der Waals surface area contributed by atoms with Gasteiger partial charge in [0.15, 0.2) is 6.61 Å². The summed E-state index contributed by atoms with van der Waals surface area (Å²) >= 11 is 0. The van der Waals surface area contributed by atoms with Gasteiger partial charge in [-0.2, -0.15) is 0 Å². The summed E-state index contributed by atoms with van der Waals surface area (Å²) in [5, 5.41) is 4.10. The number of pyridine rings is 1. The second kappa shape index (κ2) is 12.1. The zero-order chi connectivity index (χ0) is 28.2. The Bertz CT molecular complexity index is 1690. The van der Waals surface area contributed by atoms with Crippen molar-refractivity contribution in [3.8, 4) is 16.9 Å². The molecule has 3 aromatic carbocycles. The maximum absolute atomic E-state index is 12.7. The molecule has 0 bridgehead atoms. The van der Waals surface area contributed by atoms with E-state index in [4.69, 9.17) is 19.4 Å². The summed E-state index contributed by atoms with van der Waals surface area (Å²) in [6.45, 7) is 6.37. The number of amides is 1. The number of nitrogens with one attached hydrogen (secondary N) is 1. The van der Waals surface area contributed by atoms with Gasteiger partial charge in [-0.05, 0) is 54.4 Å². The molecule has 0 atom stereocenters. The molecule has 5 aromatic rings. The van der Waals surface area contributed by atoms with Gasteiger partial charge in [0.2, 0.25) is 0 Å². The molecular weight excluding hydrogens is 514 g/mol. The lowest BCUT2D eigenvalue weighted by Crippen LogP contribution is -2.36. The Hall–Kier alpha value is -4.27. The first kappa shape index (κ1) is 26.9. The highest BCUT2D eigenvalue weighted by atomic mass is 16.5. The van der Waals surface area contributed by atoms with Crippen molar-refractivity contribution in [1.82, 2.24) is 24.8 Å². The predicted octanol–water partition coefficient (Wildman–Crippen LogP) is 4.67. The molecule has 210 valence electrons. The van der Waals surface area contributed by atoms with E-state index in [2.05, 4.69) is 45.1 Å². The summed E-state index contributed by atoms with van der Waals surface area (Å²) in [5.41, 5.74) is 7.30. The highest BCUT2D eigenvalue weighted by molar-refractivity contribution is 5.95. The van der Waals surface area contributed by atoms with E-state index < -0.39 is 0 Å². The molecule has 2 aromatic heterocycles. The summed E-state index contributed by atoms with van der Waals surface area (Å²) in [7, 11) is 2.01. The zero-order valence-corrected chi connectivity index (χ0v) is 23.6. The van der Waals surface area contributed by atoms with Crippen LogP contribution in [0.1, 0.15) is 17.1 Å². The van der Waals surface area contributed by atoms with Gasteiger partial charge in [-0.3, -0.25) is 14.7 Å². The van der Waals surface area contributed by atoms with Crippen LogP contribution >= 0.6 is 0 Å². The predicted molar refractivity (Wildman–Crippen MR) is 161 cm³/mol. The van der Waals surface area contributed by atoms with E-state index in [1.807, 2.05) is 56.4 Å². The van der Waals surface area contributed by atoms with Crippen molar-refractivity contribution in [1.29, 1.82) is 0 Å². The summed E-state index contributed by atoms with van der Waals surface area (Å²) in [4.78, 5) is 24.5. The molecule has 0 saturated carbocycles. The first-order chi connectivity index (χ1) is 20.0. The van der Waals surface area contributed by atoms with Gasteiger partial charge in [-0.15, -0.1) is 0 Å². The van der Waals surface area contributed by atoms with E-state index in [0.717, 1.165) is 88.7 Å². The van der Waals surface area contributed by atoms with Crippen LogP contribution in [0.2, 0.25) is 0 Å². The van der Waals surface area contributed by atoms with Crippen molar-refractivity contribution < 1.29 is 14.3 Å². The minimum Gasteiger partial charge on any atom is -0.483 e. The monoisotopic (exact) mass is 549 g/mol. The van der Waals surface area contributed by atoms with Crippen molar-refractivity contribution in [3.63, 3.8) is 0 Å². The second-order valence-corrected chi connectivity index (χ2v) is 10.5. The molecule has 41 heavy (non-hydrogen) atoms. The van der Waals surface area contributed by atoms with Crippen LogP contribution in [0.25, 0.3) is 33.1 Å². The van der Waals surface area contributed by atoms with Crippen molar-refractivity contribution in [3.05, 3.63) is 89.9 Å². The highest BCUT2D eigenvalue weighted by Crippen LogP contribution is 2.33. The Balaban J connectivity index is 1.16. The van der Waals surface area contributed by atoms with Gasteiger partial charge in [0.05, 0.1) is 29.8 Å². The minimum absolute atomic E-state index is 0.0463. The van der Waals surface area contributed by atoms with Gasteiger partial charge in [0.25, 0.3) is 5.91 Å². The van der Waals surface area contributed by atoms with Crippen LogP contribution in [-0.2, 0) is 29.5 Å². The smallest absolute Gasteiger partial charge is 0.257 e. The first-order valence-corrected chi connectivity index (χ1v) is 14.1. The molecule has 1 fully saturated rings. The fourth-order valence-corrected chi connectivity index (χ4v) is 5.49. The number of nitrogens with zero attached hydrogens (tertiary/aromatic N) is 4. The van der Waals surface area contributed by atoms with Crippen LogP contribution in [0.3, 0.4) is 0 Å². The molecule has 1 N–H and O–H groups in total. The quantitative estimate of drug-likeness (QED) is 0.288. The molecule has 0 spiro atoms. The standard InChI is InChI=1S/C33H35N5O3/c1-23-19-27(26-7-3-4-8-28(26)35-23)24-11-12-31(25(20-24)21-38-15-17-40-18-16-38)41-22-33(39)34-14-13-32-36-29-9-5-6-10-30(29)37(32)2/h3-12,19-20H,13-18,21-22H2,1-2H3,(H,34,39). The van der Waals surface area contributed by atoms with Crippen LogP contribution in [0, 0.1) is 6.92 Å². The van der Waals surface area contributed by atoms with E-state index in [1.165, 1.54) is 0 Å². The third kappa shape index (κ3) is 6.09. The van der Waals surface area contributed by atoms with Crippen molar-refractivity contribution in [2.75, 3.05) is 39.5 Å². The summed E-state index contributed by atoms with van der Waals surface area (Å²) < 4.78 is 13.7. The van der Waals surface area contributed by atoms with Gasteiger partial charge in [0, 0.05) is 56.3 Å². The molecule has 1 aliphatic heterocycles. The molecule has 0 unspecified atom stereocenters. The van der Waals surface area contributed by atoms with Crippen LogP contribution in [-0.4, -0.2) is 64.8 Å². The Morgan fingerprint density at radius 1 is 0.976 bits per heavy atom. The van der Waals surface area contributed by atoms with E-state index in [-0.39, 0.29) is 12.5 Å². The summed E-state index contributed by atoms with van der Waals surface area (Å²) in [6.07, 6.45) is 0.646. The summed E-state index contributed by atoms with van der Waals surface area (Å²) in [6, 6.07) is 24.7. The van der Waals surface area contributed by atoms with Gasteiger partial charge in [-0.1, -0.05) is 36.4 Å². The third-order valence-corrected chi connectivity index (χ3v) is 7.62. The maximum Gasteiger partial charge on any atom is 0.257 e. The molecule has 0 aliphatic carbocycles. The average Bonchev–Trinajstić information content (AvgIpc) is 3.31. The Kier molecular flexibility index (Phi) is 7.93. The maximum atomic E-state index is 12.7. The van der Waals surface area contributed by atoms with E-state index in [0.29, 0.717) is 13.0 Å². The number of ether oxygens (including phenoxy) is 2. The Labute approximate surface area is 239 Å². The van der Waals surface area contributed by atoms with Crippen LogP contribution < -0.4 is 10.1 Å². The molecule has 0 radical (unpaired) electrons. The topological polar surface area (TPSA) is 81.5 Å². The number of fused-ring (bicyclic) bond motifs is 2. The number of aryl methyl sites for hydroxylation is 2. The lowest BCUT2D eigenvalue weighted by molar-refractivity contribution is -0.123. The number of hydrogen-bond acceptors (Lipinski definition) is 6. The molecule has 1 amide bonds. The van der Waals surface area contributed by atoms with Gasteiger partial charge in [0.1, 0.15) is 11.6 Å². The number of carbonyl (C=O) groups excluding carboxylic acids is 1. The first-order valence-electron chi connectivity index (χ1n) is 14.1. The second-order valence-electron chi connectivity index (χ2n) is 10.5. The third-order valence-electron chi connectivity index (χ3n) is 7.62. The molecule has 1 aliphatic rings. The molecule has 3 heterocycles. The molecule has 8 heteroatoms. The van der Waals surface area contributed by atoms with E-state index in [9.17, 15) is 4.79 Å². The van der Waals surface area contributed by atoms with Crippen LogP contribution in [0.4, 0.5) is 0 Å². The van der Waals surface area contributed by atoms with Gasteiger partial charge < -0.3 is 19.4 Å². The summed E-state index contributed by atoms with van der Waals surface area (Å²) in [5.74, 6) is 1.51. The molecular formula is C33H35N5O3. The van der Waals surface area contributed by atoms with Crippen LogP contribution in [0.5, 0.6) is 5.75 Å². The average molecular weight is 550 g/mol. The minimum atomic E-state index is -0.152. The number of carbonyl (C=O) groups is 1. The van der Waals surface area contributed by atoms with E-state index in [1.54, 1.807) is 0 Å². The van der Waals surface area contributed by atoms with E-state index >= 15 is 0 Å². The van der Waals surface area contributed by atoms with Gasteiger partial charge in [-0.25, -0.2) is 4.98 Å². The molecule has 1 saturated heterocycles. The molecule has 8 nitrogen and oxygen atoms in total. The normalized spacial score (nSPS) is 14.0. The largest absolute Gasteiger partial charge is 0.483 e. The fourth-order valence-electron chi connectivity index (χ4n) is 5.49. The number of hydrogen-bond donors (Lipinski definition) is 1. The van der Waals surface area contributed by atoms with Crippen LogP contribution in [0.15, 0.2) is 72.8 Å².